The van der Waals surface area contributed by atoms with Gasteiger partial charge in [0.25, 0.3) is 17.7 Å². The normalized spacial score (nSPS) is 10.8. The van der Waals surface area contributed by atoms with Crippen LogP contribution in [-0.2, 0) is 4.79 Å². The van der Waals surface area contributed by atoms with Gasteiger partial charge < -0.3 is 35.1 Å². The number of phenols is 1. The first kappa shape index (κ1) is 30.0. The summed E-state index contributed by atoms with van der Waals surface area (Å²) >= 11 is 0. The quantitative estimate of drug-likeness (QED) is 0.105. The molecule has 0 unspecified atom stereocenters. The molecule has 0 spiro atoms. The number of carbonyl (C=O) groups excluding carboxylic acids is 1. The smallest absolute Gasteiger partial charge is 0.328 e. The number of carbonyl (C=O) groups is 2. The molecule has 13 heteroatoms. The minimum atomic E-state index is -1.42. The first-order valence-corrected chi connectivity index (χ1v) is 12.4. The highest BCUT2D eigenvalue weighted by Gasteiger charge is 2.27. The largest absolute Gasteiger partial charge is 0.504 e. The van der Waals surface area contributed by atoms with E-state index in [2.05, 4.69) is 4.98 Å². The molecule has 11 nitrogen and oxygen atoms in total. The van der Waals surface area contributed by atoms with Crippen LogP contribution in [-0.4, -0.2) is 51.9 Å². The molecule has 43 heavy (non-hydrogen) atoms. The number of hydrogen-bond donors (Lipinski definition) is 4. The number of carboxylic acid groups (broad SMARTS) is 1. The number of aromatic nitrogens is 1. The van der Waals surface area contributed by atoms with Crippen LogP contribution in [0.2, 0.25) is 0 Å². The number of phenolic OH excluding ortho intramolecular Hbond substituents is 1. The number of nitrogens with one attached hydrogen (secondary N) is 1. The molecule has 0 aliphatic carbocycles. The van der Waals surface area contributed by atoms with Gasteiger partial charge in [0.2, 0.25) is 17.4 Å². The number of halogens is 2. The van der Waals surface area contributed by atoms with Crippen molar-refractivity contribution in [2.45, 2.75) is 0 Å². The first-order chi connectivity index (χ1) is 20.4. The van der Waals surface area contributed by atoms with Gasteiger partial charge in [-0.15, -0.1) is 0 Å². The highest BCUT2D eigenvalue weighted by molar-refractivity contribution is 5.95. The van der Waals surface area contributed by atoms with E-state index in [1.165, 1.54) is 59.5 Å². The number of nitrogens with zero attached hydrogens (tertiary/aromatic N) is 2. The molecule has 0 radical (unpaired) electrons. The van der Waals surface area contributed by atoms with Crippen LogP contribution in [0.15, 0.2) is 72.8 Å². The summed E-state index contributed by atoms with van der Waals surface area (Å²) in [6.07, 6.45) is 2.13. The van der Waals surface area contributed by atoms with Gasteiger partial charge >= 0.3 is 5.97 Å². The third kappa shape index (κ3) is 7.21. The third-order valence-corrected chi connectivity index (χ3v) is 5.65. The molecule has 0 aliphatic rings. The van der Waals surface area contributed by atoms with Crippen LogP contribution in [0.4, 0.5) is 8.78 Å². The van der Waals surface area contributed by atoms with Crippen LogP contribution >= 0.6 is 0 Å². The standard InChI is InChI=1S/C30H24F2N4O7/c1-36(2)30(40)18-6-4-8-20(14-18)42-28-24(31)26(41-19-7-3-5-16(13-19)9-12-23(38)39)25(32)29(35-28)43-22-15-17(27(33)34)10-11-21(22)37/h3-15,37H,1-2H3,(H3,33,34)(H,38,39)/b12-9+. The predicted octanol–water partition coefficient (Wildman–Crippen LogP) is 5.53. The van der Waals surface area contributed by atoms with Gasteiger partial charge in [0.15, 0.2) is 11.5 Å². The van der Waals surface area contributed by atoms with Gasteiger partial charge in [-0.2, -0.15) is 13.8 Å². The Bertz CT molecular complexity index is 1760. The first-order valence-electron chi connectivity index (χ1n) is 12.4. The van der Waals surface area contributed by atoms with E-state index in [4.69, 9.17) is 30.5 Å². The molecule has 1 heterocycles. The Kier molecular flexibility index (Phi) is 8.84. The summed E-state index contributed by atoms with van der Waals surface area (Å²) in [5, 5.41) is 26.8. The van der Waals surface area contributed by atoms with Crippen molar-refractivity contribution in [1.82, 2.24) is 9.88 Å². The second-order valence-electron chi connectivity index (χ2n) is 9.05. The average molecular weight is 591 g/mol. The summed E-state index contributed by atoms with van der Waals surface area (Å²) < 4.78 is 48.1. The maximum absolute atomic E-state index is 15.7. The number of nitrogen functional groups attached to an aromatic ring is 1. The van der Waals surface area contributed by atoms with Crippen molar-refractivity contribution in [1.29, 1.82) is 5.41 Å². The van der Waals surface area contributed by atoms with Gasteiger partial charge in [0, 0.05) is 31.3 Å². The number of nitrogens with two attached hydrogens (primary N) is 1. The fourth-order valence-corrected chi connectivity index (χ4v) is 3.60. The van der Waals surface area contributed by atoms with Gasteiger partial charge in [-0.25, -0.2) is 4.79 Å². The second-order valence-corrected chi connectivity index (χ2v) is 9.05. The fourth-order valence-electron chi connectivity index (χ4n) is 3.60. The molecule has 5 N–H and O–H groups in total. The number of hydrogen-bond acceptors (Lipinski definition) is 8. The monoisotopic (exact) mass is 590 g/mol. The van der Waals surface area contributed by atoms with Gasteiger partial charge in [-0.05, 0) is 60.2 Å². The number of aliphatic carboxylic acids is 1. The third-order valence-electron chi connectivity index (χ3n) is 5.65. The number of amides is 1. The number of rotatable bonds is 10. The molecule has 3 aromatic carbocycles. The number of ether oxygens (including phenoxy) is 3. The topological polar surface area (TPSA) is 168 Å². The molecular weight excluding hydrogens is 566 g/mol. The lowest BCUT2D eigenvalue weighted by Crippen LogP contribution is -2.21. The van der Waals surface area contributed by atoms with Crippen LogP contribution in [0, 0.1) is 17.0 Å². The molecule has 0 fully saturated rings. The molecule has 0 saturated heterocycles. The highest BCUT2D eigenvalue weighted by atomic mass is 19.1. The van der Waals surface area contributed by atoms with Crippen molar-refractivity contribution in [2.75, 3.05) is 14.1 Å². The Morgan fingerprint density at radius 2 is 1.56 bits per heavy atom. The molecule has 0 bridgehead atoms. The summed E-state index contributed by atoms with van der Waals surface area (Å²) in [6, 6.07) is 15.1. The molecule has 0 atom stereocenters. The minimum absolute atomic E-state index is 0.0233. The summed E-state index contributed by atoms with van der Waals surface area (Å²) in [7, 11) is 3.10. The van der Waals surface area contributed by atoms with Gasteiger partial charge in [-0.1, -0.05) is 18.2 Å². The van der Waals surface area contributed by atoms with Gasteiger partial charge in [-0.3, -0.25) is 10.2 Å². The second kappa shape index (κ2) is 12.7. The van der Waals surface area contributed by atoms with Crippen molar-refractivity contribution in [3.05, 3.63) is 101 Å². The molecule has 4 aromatic rings. The Morgan fingerprint density at radius 3 is 2.21 bits per heavy atom. The van der Waals surface area contributed by atoms with Gasteiger partial charge in [0.05, 0.1) is 0 Å². The Morgan fingerprint density at radius 1 is 0.907 bits per heavy atom. The average Bonchev–Trinajstić information content (AvgIpc) is 2.97. The summed E-state index contributed by atoms with van der Waals surface area (Å²) in [5.41, 5.74) is 6.21. The lowest BCUT2D eigenvalue weighted by atomic mass is 10.2. The van der Waals surface area contributed by atoms with E-state index in [1.54, 1.807) is 20.2 Å². The molecule has 4 rings (SSSR count). The number of benzene rings is 3. The predicted molar refractivity (Wildman–Crippen MR) is 151 cm³/mol. The van der Waals surface area contributed by atoms with Crippen molar-refractivity contribution in [2.24, 2.45) is 5.73 Å². The van der Waals surface area contributed by atoms with E-state index < -0.39 is 40.9 Å². The van der Waals surface area contributed by atoms with Crippen LogP contribution in [0.25, 0.3) is 6.08 Å². The number of amidine groups is 1. The van der Waals surface area contributed by atoms with E-state index in [-0.39, 0.29) is 40.1 Å². The molecule has 0 aliphatic heterocycles. The Balaban J connectivity index is 1.81. The van der Waals surface area contributed by atoms with Crippen LogP contribution in [0.3, 0.4) is 0 Å². The Labute approximate surface area is 243 Å². The molecule has 0 saturated carbocycles. The number of pyridine rings is 1. The van der Waals surface area contributed by atoms with E-state index in [0.29, 0.717) is 5.56 Å². The number of carboxylic acids is 1. The molecular formula is C30H24F2N4O7. The van der Waals surface area contributed by atoms with Crippen LogP contribution < -0.4 is 19.9 Å². The summed E-state index contributed by atoms with van der Waals surface area (Å²) in [6.45, 7) is 0. The van der Waals surface area contributed by atoms with Crippen molar-refractivity contribution in [3.63, 3.8) is 0 Å². The maximum Gasteiger partial charge on any atom is 0.328 e. The fraction of sp³-hybridized carbons (Fsp3) is 0.0667. The lowest BCUT2D eigenvalue weighted by molar-refractivity contribution is -0.131. The zero-order valence-electron chi connectivity index (χ0n) is 22.7. The molecule has 1 aromatic heterocycles. The van der Waals surface area contributed by atoms with Crippen molar-refractivity contribution in [3.8, 4) is 40.5 Å². The molecule has 220 valence electrons. The van der Waals surface area contributed by atoms with E-state index in [9.17, 15) is 14.7 Å². The lowest BCUT2D eigenvalue weighted by Gasteiger charge is -2.16. The van der Waals surface area contributed by atoms with Crippen LogP contribution in [0.5, 0.6) is 40.5 Å². The zero-order valence-corrected chi connectivity index (χ0v) is 22.7. The van der Waals surface area contributed by atoms with Crippen molar-refractivity contribution >= 4 is 23.8 Å². The molecule has 1 amide bonds. The van der Waals surface area contributed by atoms with E-state index >= 15 is 8.78 Å². The number of aromatic hydroxyl groups is 1. The maximum atomic E-state index is 15.7. The SMILES string of the molecule is CN(C)C(=O)c1cccc(Oc2nc(Oc3cc(C(=N)N)ccc3O)c(F)c(Oc3cccc(/C=C/C(=O)O)c3)c2F)c1. The van der Waals surface area contributed by atoms with E-state index in [0.717, 1.165) is 18.2 Å². The van der Waals surface area contributed by atoms with E-state index in [1.807, 2.05) is 0 Å². The minimum Gasteiger partial charge on any atom is -0.504 e. The summed E-state index contributed by atoms with van der Waals surface area (Å²) in [4.78, 5) is 28.4. The Hall–Kier alpha value is -5.98. The van der Waals surface area contributed by atoms with Crippen LogP contribution in [0.1, 0.15) is 21.5 Å². The zero-order chi connectivity index (χ0) is 31.3. The summed E-state index contributed by atoms with van der Waals surface area (Å²) in [5.74, 6) is -8.30. The highest BCUT2D eigenvalue weighted by Crippen LogP contribution is 2.41. The van der Waals surface area contributed by atoms with Crippen molar-refractivity contribution < 1.29 is 42.8 Å². The van der Waals surface area contributed by atoms with Gasteiger partial charge in [0.1, 0.15) is 17.3 Å².